The van der Waals surface area contributed by atoms with Gasteiger partial charge in [0.15, 0.2) is 0 Å². The lowest BCUT2D eigenvalue weighted by Gasteiger charge is -2.12. The minimum atomic E-state index is -0.345. The van der Waals surface area contributed by atoms with E-state index in [2.05, 4.69) is 10.4 Å². The van der Waals surface area contributed by atoms with Gasteiger partial charge in [-0.25, -0.2) is 4.79 Å². The molecular formula is C17H21N3O3S. The number of hydrogen-bond donors (Lipinski definition) is 1. The second-order valence-electron chi connectivity index (χ2n) is 5.81. The van der Waals surface area contributed by atoms with Gasteiger partial charge < -0.3 is 10.1 Å². The summed E-state index contributed by atoms with van der Waals surface area (Å²) >= 11 is 1.50. The van der Waals surface area contributed by atoms with E-state index < -0.39 is 0 Å². The third-order valence-electron chi connectivity index (χ3n) is 4.13. The van der Waals surface area contributed by atoms with Crippen LogP contribution >= 0.6 is 11.3 Å². The van der Waals surface area contributed by atoms with Crippen molar-refractivity contribution in [1.29, 1.82) is 0 Å². The predicted octanol–water partition coefficient (Wildman–Crippen LogP) is 2.95. The Morgan fingerprint density at radius 1 is 1.38 bits per heavy atom. The number of nitrogens with zero attached hydrogens (tertiary/aromatic N) is 2. The van der Waals surface area contributed by atoms with E-state index in [0.29, 0.717) is 17.2 Å². The maximum Gasteiger partial charge on any atom is 0.341 e. The van der Waals surface area contributed by atoms with E-state index in [4.69, 9.17) is 4.74 Å². The Balaban J connectivity index is 1.84. The van der Waals surface area contributed by atoms with Crippen LogP contribution in [0.1, 0.15) is 46.3 Å². The molecule has 0 radical (unpaired) electrons. The lowest BCUT2D eigenvalue weighted by molar-refractivity contribution is -0.116. The van der Waals surface area contributed by atoms with Gasteiger partial charge in [-0.3, -0.25) is 9.48 Å². The average Bonchev–Trinajstić information content (AvgIpc) is 3.11. The summed E-state index contributed by atoms with van der Waals surface area (Å²) in [4.78, 5) is 25.9. The van der Waals surface area contributed by atoms with E-state index in [1.54, 1.807) is 17.8 Å². The van der Waals surface area contributed by atoms with Gasteiger partial charge in [0.1, 0.15) is 11.5 Å². The predicted molar refractivity (Wildman–Crippen MR) is 92.5 cm³/mol. The van der Waals surface area contributed by atoms with Crippen molar-refractivity contribution in [2.45, 2.75) is 46.1 Å². The third-order valence-corrected chi connectivity index (χ3v) is 5.33. The first-order chi connectivity index (χ1) is 11.6. The van der Waals surface area contributed by atoms with E-state index in [0.717, 1.165) is 36.9 Å². The summed E-state index contributed by atoms with van der Waals surface area (Å²) in [5.41, 5.74) is 2.51. The van der Waals surface area contributed by atoms with Crippen LogP contribution in [0.5, 0.6) is 0 Å². The number of nitrogens with one attached hydrogen (secondary N) is 1. The van der Waals surface area contributed by atoms with Crippen molar-refractivity contribution in [3.63, 3.8) is 0 Å². The Morgan fingerprint density at radius 3 is 2.88 bits per heavy atom. The normalized spacial score (nSPS) is 13.4. The topological polar surface area (TPSA) is 73.2 Å². The molecule has 7 heteroatoms. The van der Waals surface area contributed by atoms with Gasteiger partial charge in [0.25, 0.3) is 0 Å². The number of aryl methyl sites for hydroxylation is 2. The molecule has 2 heterocycles. The average molecular weight is 347 g/mol. The van der Waals surface area contributed by atoms with E-state index in [9.17, 15) is 9.59 Å². The minimum absolute atomic E-state index is 0.129. The van der Waals surface area contributed by atoms with Crippen molar-refractivity contribution < 1.29 is 14.3 Å². The first kappa shape index (κ1) is 16.7. The van der Waals surface area contributed by atoms with Crippen molar-refractivity contribution >= 4 is 28.2 Å². The molecule has 0 atom stereocenters. The highest BCUT2D eigenvalue weighted by atomic mass is 32.1. The number of aromatic nitrogens is 2. The summed E-state index contributed by atoms with van der Waals surface area (Å²) in [5, 5.41) is 7.61. The van der Waals surface area contributed by atoms with Gasteiger partial charge in [-0.1, -0.05) is 0 Å². The van der Waals surface area contributed by atoms with Crippen molar-refractivity contribution in [2.24, 2.45) is 0 Å². The zero-order valence-corrected chi connectivity index (χ0v) is 14.7. The van der Waals surface area contributed by atoms with Gasteiger partial charge in [-0.15, -0.1) is 11.3 Å². The molecule has 0 fully saturated rings. The van der Waals surface area contributed by atoms with Gasteiger partial charge in [0.2, 0.25) is 5.91 Å². The standard InChI is InChI=1S/C17H21N3O3S/c1-3-23-17(22)15-12-6-4-5-7-13(12)24-16(15)19-14(21)10-20-11(2)8-9-18-20/h8-9H,3-7,10H2,1-2H3,(H,19,21). The number of ether oxygens (including phenoxy) is 1. The van der Waals surface area contributed by atoms with Crippen LogP contribution in [0, 0.1) is 6.92 Å². The summed E-state index contributed by atoms with van der Waals surface area (Å²) in [7, 11) is 0. The minimum Gasteiger partial charge on any atom is -0.462 e. The first-order valence-corrected chi connectivity index (χ1v) is 9.01. The summed E-state index contributed by atoms with van der Waals surface area (Å²) in [6, 6.07) is 1.85. The fourth-order valence-corrected chi connectivity index (χ4v) is 4.23. The highest BCUT2D eigenvalue weighted by molar-refractivity contribution is 7.17. The molecule has 2 aromatic rings. The van der Waals surface area contributed by atoms with E-state index in [1.165, 1.54) is 16.2 Å². The molecule has 1 N–H and O–H groups in total. The number of anilines is 1. The number of amides is 1. The molecule has 6 nitrogen and oxygen atoms in total. The van der Waals surface area contributed by atoms with Gasteiger partial charge in [-0.2, -0.15) is 5.10 Å². The van der Waals surface area contributed by atoms with Gasteiger partial charge in [0.05, 0.1) is 12.2 Å². The zero-order valence-electron chi connectivity index (χ0n) is 13.9. The molecule has 0 saturated carbocycles. The largest absolute Gasteiger partial charge is 0.462 e. The number of carbonyl (C=O) groups is 2. The lowest BCUT2D eigenvalue weighted by atomic mass is 9.95. The second-order valence-corrected chi connectivity index (χ2v) is 6.92. The fraction of sp³-hybridized carbons (Fsp3) is 0.471. The summed E-state index contributed by atoms with van der Waals surface area (Å²) < 4.78 is 6.83. The molecule has 2 aromatic heterocycles. The van der Waals surface area contributed by atoms with Gasteiger partial charge >= 0.3 is 5.97 Å². The molecular weight excluding hydrogens is 326 g/mol. The fourth-order valence-electron chi connectivity index (χ4n) is 2.94. The molecule has 3 rings (SSSR count). The van der Waals surface area contributed by atoms with E-state index in [1.807, 2.05) is 13.0 Å². The Bertz CT molecular complexity index is 763. The summed E-state index contributed by atoms with van der Waals surface area (Å²) in [6.45, 7) is 4.14. The molecule has 0 aromatic carbocycles. The second kappa shape index (κ2) is 7.17. The van der Waals surface area contributed by atoms with Crippen LogP contribution in [0.15, 0.2) is 12.3 Å². The first-order valence-electron chi connectivity index (χ1n) is 8.20. The Kier molecular flexibility index (Phi) is 4.99. The van der Waals surface area contributed by atoms with E-state index >= 15 is 0 Å². The Labute approximate surface area is 144 Å². The van der Waals surface area contributed by atoms with Crippen LogP contribution in [0.3, 0.4) is 0 Å². The molecule has 0 spiro atoms. The number of fused-ring (bicyclic) bond motifs is 1. The summed E-state index contributed by atoms with van der Waals surface area (Å²) in [5.74, 6) is -0.534. The number of hydrogen-bond acceptors (Lipinski definition) is 5. The smallest absolute Gasteiger partial charge is 0.341 e. The maximum atomic E-state index is 12.4. The van der Waals surface area contributed by atoms with Crippen LogP contribution in [0.25, 0.3) is 0 Å². The summed E-state index contributed by atoms with van der Waals surface area (Å²) in [6.07, 6.45) is 5.68. The Morgan fingerprint density at radius 2 is 2.17 bits per heavy atom. The van der Waals surface area contributed by atoms with Crippen molar-refractivity contribution in [3.8, 4) is 0 Å². The molecule has 0 bridgehead atoms. The Hall–Kier alpha value is -2.15. The zero-order chi connectivity index (χ0) is 17.1. The molecule has 24 heavy (non-hydrogen) atoms. The maximum absolute atomic E-state index is 12.4. The molecule has 0 saturated heterocycles. The van der Waals surface area contributed by atoms with Crippen LogP contribution in [0.4, 0.5) is 5.00 Å². The third kappa shape index (κ3) is 3.36. The quantitative estimate of drug-likeness (QED) is 0.844. The molecule has 0 aliphatic heterocycles. The molecule has 1 amide bonds. The van der Waals surface area contributed by atoms with Crippen LogP contribution in [-0.4, -0.2) is 28.3 Å². The van der Waals surface area contributed by atoms with Crippen LogP contribution < -0.4 is 5.32 Å². The molecule has 128 valence electrons. The van der Waals surface area contributed by atoms with Gasteiger partial charge in [0, 0.05) is 16.8 Å². The van der Waals surface area contributed by atoms with Gasteiger partial charge in [-0.05, 0) is 51.2 Å². The van der Waals surface area contributed by atoms with Crippen molar-refractivity contribution in [2.75, 3.05) is 11.9 Å². The molecule has 1 aliphatic carbocycles. The number of esters is 1. The molecule has 0 unspecified atom stereocenters. The van der Waals surface area contributed by atoms with Crippen molar-refractivity contribution in [3.05, 3.63) is 34.0 Å². The van der Waals surface area contributed by atoms with Crippen LogP contribution in [-0.2, 0) is 28.9 Å². The SMILES string of the molecule is CCOC(=O)c1c(NC(=O)Cn2nccc2C)sc2c1CCCC2. The lowest BCUT2D eigenvalue weighted by Crippen LogP contribution is -2.21. The highest BCUT2D eigenvalue weighted by Crippen LogP contribution is 2.38. The number of rotatable bonds is 5. The highest BCUT2D eigenvalue weighted by Gasteiger charge is 2.27. The van der Waals surface area contributed by atoms with E-state index in [-0.39, 0.29) is 18.4 Å². The number of carbonyl (C=O) groups excluding carboxylic acids is 2. The molecule has 1 aliphatic rings. The van der Waals surface area contributed by atoms with Crippen molar-refractivity contribution in [1.82, 2.24) is 9.78 Å². The van der Waals surface area contributed by atoms with Crippen LogP contribution in [0.2, 0.25) is 0 Å². The number of thiophene rings is 1. The monoisotopic (exact) mass is 347 g/mol.